The van der Waals surface area contributed by atoms with Crippen LogP contribution in [0.3, 0.4) is 0 Å². The van der Waals surface area contributed by atoms with Crippen molar-refractivity contribution >= 4 is 34.8 Å². The second-order valence-corrected chi connectivity index (χ2v) is 4.59. The number of nitrogens with zero attached hydrogens (tertiary/aromatic N) is 1. The van der Waals surface area contributed by atoms with Crippen LogP contribution in [0.5, 0.6) is 5.75 Å². The average Bonchev–Trinajstić information content (AvgIpc) is 2.41. The van der Waals surface area contributed by atoms with Gasteiger partial charge in [-0.15, -0.1) is 0 Å². The highest BCUT2D eigenvalue weighted by Crippen LogP contribution is 2.27. The predicted octanol–water partition coefficient (Wildman–Crippen LogP) is 3.46. The van der Waals surface area contributed by atoms with Gasteiger partial charge in [0.2, 0.25) is 0 Å². The Morgan fingerprint density at radius 3 is 2.63 bits per heavy atom. The SMILES string of the molecule is Nc1nc(NCCOc2ccccc2)c(Cl)cc1Cl. The molecule has 0 bridgehead atoms. The first-order valence-electron chi connectivity index (χ1n) is 5.70. The second-order valence-electron chi connectivity index (χ2n) is 3.77. The molecule has 0 amide bonds. The molecule has 1 aromatic carbocycles. The van der Waals surface area contributed by atoms with Gasteiger partial charge in [-0.3, -0.25) is 0 Å². The van der Waals surface area contributed by atoms with Crippen molar-refractivity contribution < 1.29 is 4.74 Å². The van der Waals surface area contributed by atoms with Crippen LogP contribution in [0.15, 0.2) is 36.4 Å². The fourth-order valence-corrected chi connectivity index (χ4v) is 1.89. The first-order chi connectivity index (χ1) is 9.16. The highest BCUT2D eigenvalue weighted by molar-refractivity contribution is 6.37. The van der Waals surface area contributed by atoms with Gasteiger partial charge < -0.3 is 15.8 Å². The minimum atomic E-state index is 0.248. The van der Waals surface area contributed by atoms with Gasteiger partial charge in [0.15, 0.2) is 0 Å². The van der Waals surface area contributed by atoms with Crippen molar-refractivity contribution in [1.82, 2.24) is 4.98 Å². The number of nitrogens with two attached hydrogens (primary N) is 1. The van der Waals surface area contributed by atoms with Gasteiger partial charge in [-0.05, 0) is 18.2 Å². The van der Waals surface area contributed by atoms with Crippen molar-refractivity contribution in [2.75, 3.05) is 24.2 Å². The summed E-state index contributed by atoms with van der Waals surface area (Å²) >= 11 is 11.8. The molecule has 0 fully saturated rings. The van der Waals surface area contributed by atoms with Gasteiger partial charge in [0.1, 0.15) is 24.0 Å². The zero-order valence-electron chi connectivity index (χ0n) is 10.1. The van der Waals surface area contributed by atoms with Gasteiger partial charge in [0, 0.05) is 0 Å². The van der Waals surface area contributed by atoms with E-state index in [9.17, 15) is 0 Å². The Bertz CT molecular complexity index is 549. The minimum Gasteiger partial charge on any atom is -0.492 e. The van der Waals surface area contributed by atoms with Gasteiger partial charge in [0.05, 0.1) is 16.6 Å². The fraction of sp³-hybridized carbons (Fsp3) is 0.154. The van der Waals surface area contributed by atoms with E-state index in [-0.39, 0.29) is 5.82 Å². The smallest absolute Gasteiger partial charge is 0.147 e. The predicted molar refractivity (Wildman–Crippen MR) is 79.1 cm³/mol. The molecule has 4 nitrogen and oxygen atoms in total. The van der Waals surface area contributed by atoms with Gasteiger partial charge in [-0.25, -0.2) is 4.98 Å². The Balaban J connectivity index is 1.85. The van der Waals surface area contributed by atoms with E-state index in [0.717, 1.165) is 5.75 Å². The molecule has 0 atom stereocenters. The number of nitrogen functional groups attached to an aromatic ring is 1. The monoisotopic (exact) mass is 297 g/mol. The summed E-state index contributed by atoms with van der Waals surface area (Å²) in [5, 5.41) is 3.82. The van der Waals surface area contributed by atoms with Crippen molar-refractivity contribution in [3.63, 3.8) is 0 Å². The van der Waals surface area contributed by atoms with Crippen molar-refractivity contribution in [1.29, 1.82) is 0 Å². The van der Waals surface area contributed by atoms with Crippen LogP contribution < -0.4 is 15.8 Å². The summed E-state index contributed by atoms with van der Waals surface area (Å²) in [5.74, 6) is 1.57. The zero-order valence-corrected chi connectivity index (χ0v) is 11.6. The van der Waals surface area contributed by atoms with Crippen molar-refractivity contribution in [2.24, 2.45) is 0 Å². The fourth-order valence-electron chi connectivity index (χ4n) is 1.46. The largest absolute Gasteiger partial charge is 0.492 e. The molecule has 0 saturated carbocycles. The number of hydrogen-bond donors (Lipinski definition) is 2. The number of benzene rings is 1. The highest BCUT2D eigenvalue weighted by atomic mass is 35.5. The number of pyridine rings is 1. The van der Waals surface area contributed by atoms with Gasteiger partial charge in [-0.2, -0.15) is 0 Å². The van der Waals surface area contributed by atoms with Crippen LogP contribution in [0, 0.1) is 0 Å². The Morgan fingerprint density at radius 2 is 1.89 bits per heavy atom. The molecule has 1 heterocycles. The van der Waals surface area contributed by atoms with Crippen LogP contribution in [-0.4, -0.2) is 18.1 Å². The summed E-state index contributed by atoms with van der Waals surface area (Å²) in [6.45, 7) is 1.05. The number of aromatic nitrogens is 1. The maximum Gasteiger partial charge on any atom is 0.147 e. The van der Waals surface area contributed by atoms with E-state index in [1.54, 1.807) is 6.07 Å². The molecule has 1 aromatic heterocycles. The van der Waals surface area contributed by atoms with Crippen molar-refractivity contribution in [3.8, 4) is 5.75 Å². The summed E-state index contributed by atoms with van der Waals surface area (Å²) in [6.07, 6.45) is 0. The average molecular weight is 298 g/mol. The molecule has 0 unspecified atom stereocenters. The van der Waals surface area contributed by atoms with E-state index in [2.05, 4.69) is 10.3 Å². The summed E-state index contributed by atoms with van der Waals surface area (Å²) in [4.78, 5) is 4.06. The number of para-hydroxylation sites is 1. The molecule has 3 N–H and O–H groups in total. The number of nitrogens with one attached hydrogen (secondary N) is 1. The molecule has 0 spiro atoms. The van der Waals surface area contributed by atoms with E-state index >= 15 is 0 Å². The molecule has 0 aliphatic heterocycles. The van der Waals surface area contributed by atoms with Gasteiger partial charge >= 0.3 is 0 Å². The molecule has 0 aliphatic carbocycles. The lowest BCUT2D eigenvalue weighted by atomic mass is 10.3. The highest BCUT2D eigenvalue weighted by Gasteiger charge is 2.06. The van der Waals surface area contributed by atoms with Crippen LogP contribution >= 0.6 is 23.2 Å². The van der Waals surface area contributed by atoms with E-state index in [0.29, 0.717) is 29.0 Å². The molecule has 2 aromatic rings. The number of hydrogen-bond acceptors (Lipinski definition) is 4. The van der Waals surface area contributed by atoms with Crippen LogP contribution in [0.2, 0.25) is 10.0 Å². The molecule has 0 aliphatic rings. The van der Waals surface area contributed by atoms with Crippen molar-refractivity contribution in [2.45, 2.75) is 0 Å². The quantitative estimate of drug-likeness (QED) is 0.830. The van der Waals surface area contributed by atoms with Crippen molar-refractivity contribution in [3.05, 3.63) is 46.4 Å². The topological polar surface area (TPSA) is 60.2 Å². The van der Waals surface area contributed by atoms with Crippen LogP contribution in [0.25, 0.3) is 0 Å². The maximum atomic E-state index is 5.99. The van der Waals surface area contributed by atoms with Crippen LogP contribution in [0.4, 0.5) is 11.6 Å². The second kappa shape index (κ2) is 6.50. The first-order valence-corrected chi connectivity index (χ1v) is 6.45. The van der Waals surface area contributed by atoms with E-state index < -0.39 is 0 Å². The van der Waals surface area contributed by atoms with E-state index in [1.165, 1.54) is 0 Å². The molecular weight excluding hydrogens is 285 g/mol. The standard InChI is InChI=1S/C13H13Cl2N3O/c14-10-8-11(15)13(18-12(10)16)17-6-7-19-9-4-2-1-3-5-9/h1-5,8H,6-7H2,(H3,16,17,18). The summed E-state index contributed by atoms with van der Waals surface area (Å²) < 4.78 is 5.53. The number of anilines is 2. The lowest BCUT2D eigenvalue weighted by Gasteiger charge is -2.10. The van der Waals surface area contributed by atoms with Gasteiger partial charge in [-0.1, -0.05) is 41.4 Å². The Kier molecular flexibility index (Phi) is 4.71. The van der Waals surface area contributed by atoms with Crippen LogP contribution in [0.1, 0.15) is 0 Å². The third-order valence-corrected chi connectivity index (χ3v) is 2.95. The maximum absolute atomic E-state index is 5.99. The lowest BCUT2D eigenvalue weighted by molar-refractivity contribution is 0.333. The number of ether oxygens (including phenoxy) is 1. The third-order valence-electron chi connectivity index (χ3n) is 2.36. The van der Waals surface area contributed by atoms with E-state index in [4.69, 9.17) is 33.7 Å². The van der Waals surface area contributed by atoms with Crippen LogP contribution in [-0.2, 0) is 0 Å². The molecular formula is C13H13Cl2N3O. The minimum absolute atomic E-state index is 0.248. The lowest BCUT2D eigenvalue weighted by Crippen LogP contribution is -2.13. The summed E-state index contributed by atoms with van der Waals surface area (Å²) in [6, 6.07) is 11.1. The molecule has 0 radical (unpaired) electrons. The Labute approximate surface area is 121 Å². The zero-order chi connectivity index (χ0) is 13.7. The molecule has 6 heteroatoms. The first kappa shape index (κ1) is 13.8. The summed E-state index contributed by atoms with van der Waals surface area (Å²) in [7, 11) is 0. The Hall–Kier alpha value is -1.65. The molecule has 0 saturated heterocycles. The normalized spacial score (nSPS) is 10.2. The third kappa shape index (κ3) is 3.91. The number of halogens is 2. The molecule has 2 rings (SSSR count). The van der Waals surface area contributed by atoms with E-state index in [1.807, 2.05) is 30.3 Å². The van der Waals surface area contributed by atoms with Gasteiger partial charge in [0.25, 0.3) is 0 Å². The number of rotatable bonds is 5. The Morgan fingerprint density at radius 1 is 1.16 bits per heavy atom. The molecule has 100 valence electrons. The summed E-state index contributed by atoms with van der Waals surface area (Å²) in [5.41, 5.74) is 5.61. The molecule has 19 heavy (non-hydrogen) atoms.